The molecule has 1 fully saturated rings. The van der Waals surface area contributed by atoms with Crippen molar-refractivity contribution in [1.29, 1.82) is 0 Å². The molecule has 160 valence electrons. The summed E-state index contributed by atoms with van der Waals surface area (Å²) in [5, 5.41) is 24.1. The summed E-state index contributed by atoms with van der Waals surface area (Å²) >= 11 is 0. The zero-order chi connectivity index (χ0) is 21.3. The number of nitro groups is 1. The molecule has 1 atom stereocenters. The van der Waals surface area contributed by atoms with E-state index < -0.39 is 11.0 Å². The summed E-state index contributed by atoms with van der Waals surface area (Å²) < 4.78 is 5.49. The first-order valence-corrected chi connectivity index (χ1v) is 10.1. The number of piperidine rings is 1. The van der Waals surface area contributed by atoms with E-state index in [0.29, 0.717) is 18.8 Å². The summed E-state index contributed by atoms with van der Waals surface area (Å²) in [5.74, 6) is 0.424. The Morgan fingerprint density at radius 2 is 1.93 bits per heavy atom. The first-order chi connectivity index (χ1) is 14.5. The first-order valence-electron chi connectivity index (χ1n) is 10.1. The van der Waals surface area contributed by atoms with Crippen LogP contribution >= 0.6 is 0 Å². The Bertz CT molecular complexity index is 838. The van der Waals surface area contributed by atoms with Gasteiger partial charge in [-0.05, 0) is 37.6 Å². The predicted octanol–water partition coefficient (Wildman–Crippen LogP) is 2.36. The van der Waals surface area contributed by atoms with Gasteiger partial charge in [0.15, 0.2) is 0 Å². The van der Waals surface area contributed by atoms with E-state index in [1.807, 2.05) is 30.3 Å². The van der Waals surface area contributed by atoms with Crippen molar-refractivity contribution in [3.63, 3.8) is 0 Å². The summed E-state index contributed by atoms with van der Waals surface area (Å²) in [4.78, 5) is 24.8. The van der Waals surface area contributed by atoms with Crippen LogP contribution in [-0.4, -0.2) is 53.2 Å². The fourth-order valence-electron chi connectivity index (χ4n) is 3.54. The van der Waals surface area contributed by atoms with E-state index in [1.165, 1.54) is 12.1 Å². The van der Waals surface area contributed by atoms with Gasteiger partial charge in [0.25, 0.3) is 5.69 Å². The molecule has 0 saturated carbocycles. The number of nitrogens with zero attached hydrogens (tertiary/aromatic N) is 2. The number of hydrogen-bond donors (Lipinski definition) is 2. The number of aliphatic hydroxyl groups is 1. The average Bonchev–Trinajstić information content (AvgIpc) is 2.77. The minimum atomic E-state index is -0.715. The van der Waals surface area contributed by atoms with E-state index in [2.05, 4.69) is 10.2 Å². The number of likely N-dealkylation sites (tertiary alicyclic amines) is 1. The number of nitrogens with one attached hydrogen (secondary N) is 1. The van der Waals surface area contributed by atoms with E-state index in [-0.39, 0.29) is 24.1 Å². The van der Waals surface area contributed by atoms with Crippen LogP contribution in [0.15, 0.2) is 54.6 Å². The van der Waals surface area contributed by atoms with Gasteiger partial charge >= 0.3 is 0 Å². The molecule has 0 aromatic heterocycles. The Morgan fingerprint density at radius 3 is 2.63 bits per heavy atom. The number of ether oxygens (including phenoxy) is 1. The Kier molecular flexibility index (Phi) is 7.75. The summed E-state index contributed by atoms with van der Waals surface area (Å²) in [6.45, 7) is 2.49. The van der Waals surface area contributed by atoms with Gasteiger partial charge in [0.1, 0.15) is 18.5 Å². The van der Waals surface area contributed by atoms with Crippen molar-refractivity contribution < 1.29 is 19.6 Å². The highest BCUT2D eigenvalue weighted by Gasteiger charge is 2.26. The minimum Gasteiger partial charge on any atom is -0.491 e. The average molecular weight is 413 g/mol. The molecule has 1 aliphatic heterocycles. The van der Waals surface area contributed by atoms with E-state index in [0.717, 1.165) is 31.5 Å². The van der Waals surface area contributed by atoms with Gasteiger partial charge in [-0.3, -0.25) is 14.9 Å². The maximum atomic E-state index is 12.4. The Labute approximate surface area is 175 Å². The van der Waals surface area contributed by atoms with Gasteiger partial charge < -0.3 is 20.1 Å². The third-order valence-corrected chi connectivity index (χ3v) is 5.21. The summed E-state index contributed by atoms with van der Waals surface area (Å²) in [5.41, 5.74) is 1.03. The van der Waals surface area contributed by atoms with Crippen molar-refractivity contribution in [2.75, 3.05) is 26.2 Å². The van der Waals surface area contributed by atoms with Crippen LogP contribution in [0.2, 0.25) is 0 Å². The molecule has 2 aromatic rings. The zero-order valence-corrected chi connectivity index (χ0v) is 16.8. The van der Waals surface area contributed by atoms with Crippen LogP contribution in [0.3, 0.4) is 0 Å². The molecule has 0 radical (unpaired) electrons. The number of β-amino-alcohol motifs (C(OH)–C–C–N with tert-alkyl or cyclic N) is 1. The smallest absolute Gasteiger partial charge is 0.273 e. The fourth-order valence-corrected chi connectivity index (χ4v) is 3.54. The molecular weight excluding hydrogens is 386 g/mol. The molecule has 0 unspecified atom stereocenters. The lowest BCUT2D eigenvalue weighted by Crippen LogP contribution is -2.44. The maximum Gasteiger partial charge on any atom is 0.273 e. The topological polar surface area (TPSA) is 105 Å². The zero-order valence-electron chi connectivity index (χ0n) is 16.8. The van der Waals surface area contributed by atoms with Crippen LogP contribution in [0, 0.1) is 16.0 Å². The third kappa shape index (κ3) is 6.53. The summed E-state index contributed by atoms with van der Waals surface area (Å²) in [6, 6.07) is 15.7. The molecular formula is C22H27N3O5. The van der Waals surface area contributed by atoms with Crippen LogP contribution in [0.25, 0.3) is 0 Å². The highest BCUT2D eigenvalue weighted by Crippen LogP contribution is 2.20. The van der Waals surface area contributed by atoms with Gasteiger partial charge in [0.05, 0.1) is 11.0 Å². The van der Waals surface area contributed by atoms with Crippen LogP contribution in [-0.2, 0) is 11.3 Å². The second-order valence-electron chi connectivity index (χ2n) is 7.50. The van der Waals surface area contributed by atoms with Crippen molar-refractivity contribution in [2.24, 2.45) is 5.92 Å². The number of carbonyl (C=O) groups excluding carboxylic acids is 1. The molecule has 3 rings (SSSR count). The van der Waals surface area contributed by atoms with Gasteiger partial charge in [0, 0.05) is 25.1 Å². The van der Waals surface area contributed by atoms with Crippen molar-refractivity contribution in [3.8, 4) is 5.75 Å². The van der Waals surface area contributed by atoms with E-state index in [9.17, 15) is 20.0 Å². The summed E-state index contributed by atoms with van der Waals surface area (Å²) in [6.07, 6.45) is 0.783. The molecule has 8 heteroatoms. The van der Waals surface area contributed by atoms with Crippen molar-refractivity contribution in [3.05, 3.63) is 70.3 Å². The molecule has 1 amide bonds. The lowest BCUT2D eigenvalue weighted by atomic mass is 9.95. The van der Waals surface area contributed by atoms with Gasteiger partial charge in [-0.15, -0.1) is 0 Å². The molecule has 1 aliphatic rings. The number of aliphatic hydroxyl groups excluding tert-OH is 1. The number of non-ortho nitro benzene ring substituents is 1. The molecule has 0 spiro atoms. The molecule has 8 nitrogen and oxygen atoms in total. The molecule has 1 saturated heterocycles. The summed E-state index contributed by atoms with van der Waals surface area (Å²) in [7, 11) is 0. The number of benzene rings is 2. The predicted molar refractivity (Wildman–Crippen MR) is 112 cm³/mol. The molecule has 2 N–H and O–H groups in total. The van der Waals surface area contributed by atoms with Crippen molar-refractivity contribution >= 4 is 11.6 Å². The number of hydrogen-bond acceptors (Lipinski definition) is 6. The number of rotatable bonds is 9. The van der Waals surface area contributed by atoms with E-state index in [1.54, 1.807) is 12.1 Å². The van der Waals surface area contributed by atoms with Gasteiger partial charge in [-0.1, -0.05) is 36.4 Å². The van der Waals surface area contributed by atoms with Gasteiger partial charge in [-0.25, -0.2) is 0 Å². The van der Waals surface area contributed by atoms with E-state index in [4.69, 9.17) is 4.74 Å². The van der Waals surface area contributed by atoms with Crippen LogP contribution < -0.4 is 10.1 Å². The Balaban J connectivity index is 1.36. The van der Waals surface area contributed by atoms with E-state index >= 15 is 0 Å². The SMILES string of the molecule is O=C(NCc1ccccc1)C1CCN(C[C@H](O)COc2cccc([N+](=O)[O-])c2)CC1. The monoisotopic (exact) mass is 413 g/mol. The lowest BCUT2D eigenvalue weighted by molar-refractivity contribution is -0.384. The standard InChI is InChI=1S/C22H27N3O5/c26-20(16-30-21-8-4-7-19(13-21)25(28)29)15-24-11-9-18(10-12-24)22(27)23-14-17-5-2-1-3-6-17/h1-8,13,18,20,26H,9-12,14-16H2,(H,23,27)/t20-/m0/s1. The Morgan fingerprint density at radius 1 is 1.20 bits per heavy atom. The minimum absolute atomic E-state index is 0.0109. The third-order valence-electron chi connectivity index (χ3n) is 5.21. The second-order valence-corrected chi connectivity index (χ2v) is 7.50. The fraction of sp³-hybridized carbons (Fsp3) is 0.409. The van der Waals surface area contributed by atoms with Crippen LogP contribution in [0.5, 0.6) is 5.75 Å². The number of amides is 1. The lowest BCUT2D eigenvalue weighted by Gasteiger charge is -2.32. The molecule has 2 aromatic carbocycles. The van der Waals surface area contributed by atoms with Crippen molar-refractivity contribution in [1.82, 2.24) is 10.2 Å². The Hall–Kier alpha value is -2.97. The number of nitro benzene ring substituents is 1. The highest BCUT2D eigenvalue weighted by molar-refractivity contribution is 5.78. The van der Waals surface area contributed by atoms with Crippen LogP contribution in [0.1, 0.15) is 18.4 Å². The van der Waals surface area contributed by atoms with Gasteiger partial charge in [-0.2, -0.15) is 0 Å². The maximum absolute atomic E-state index is 12.4. The number of carbonyl (C=O) groups is 1. The largest absolute Gasteiger partial charge is 0.491 e. The van der Waals surface area contributed by atoms with Gasteiger partial charge in [0.2, 0.25) is 5.91 Å². The van der Waals surface area contributed by atoms with Crippen LogP contribution in [0.4, 0.5) is 5.69 Å². The second kappa shape index (κ2) is 10.7. The molecule has 0 bridgehead atoms. The normalized spacial score (nSPS) is 16.0. The molecule has 30 heavy (non-hydrogen) atoms. The first kappa shape index (κ1) is 21.7. The van der Waals surface area contributed by atoms with Crippen molar-refractivity contribution in [2.45, 2.75) is 25.5 Å². The highest BCUT2D eigenvalue weighted by atomic mass is 16.6. The molecule has 1 heterocycles. The quantitative estimate of drug-likeness (QED) is 0.483. The molecule has 0 aliphatic carbocycles.